The number of aryl methyl sites for hydroxylation is 1. The van der Waals surface area contributed by atoms with Crippen LogP contribution in [0.25, 0.3) is 0 Å². The summed E-state index contributed by atoms with van der Waals surface area (Å²) in [6, 6.07) is 10.2. The van der Waals surface area contributed by atoms with E-state index >= 15 is 0 Å². The number of benzene rings is 1. The van der Waals surface area contributed by atoms with Crippen LogP contribution in [0.15, 0.2) is 43.0 Å². The van der Waals surface area contributed by atoms with Crippen molar-refractivity contribution in [1.29, 1.82) is 0 Å². The van der Waals surface area contributed by atoms with Crippen LogP contribution in [0, 0.1) is 0 Å². The molecule has 2 rings (SSSR count). The maximum absolute atomic E-state index is 6.05. The quantitative estimate of drug-likeness (QED) is 0.814. The molecule has 0 aliphatic heterocycles. The number of aromatic nitrogens is 3. The molecule has 1 heterocycles. The van der Waals surface area contributed by atoms with E-state index in [9.17, 15) is 0 Å². The van der Waals surface area contributed by atoms with Crippen LogP contribution in [-0.2, 0) is 6.54 Å². The zero-order valence-corrected chi connectivity index (χ0v) is 8.45. The lowest BCUT2D eigenvalue weighted by molar-refractivity contribution is 0.521. The average Bonchev–Trinajstić information content (AvgIpc) is 2.80. The highest BCUT2D eigenvalue weighted by atomic mass is 15.3. The molecule has 0 unspecified atom stereocenters. The minimum absolute atomic E-state index is 0.0652. The molecule has 2 N–H and O–H groups in total. The third kappa shape index (κ3) is 2.63. The summed E-state index contributed by atoms with van der Waals surface area (Å²) in [5, 5.41) is 4.03. The van der Waals surface area contributed by atoms with Crippen molar-refractivity contribution in [2.45, 2.75) is 19.0 Å². The fourth-order valence-corrected chi connectivity index (χ4v) is 1.49. The Morgan fingerprint density at radius 1 is 1.27 bits per heavy atom. The van der Waals surface area contributed by atoms with Gasteiger partial charge < -0.3 is 5.73 Å². The second-order valence-corrected chi connectivity index (χ2v) is 3.46. The van der Waals surface area contributed by atoms with Crippen molar-refractivity contribution in [2.75, 3.05) is 0 Å². The second-order valence-electron chi connectivity index (χ2n) is 3.46. The van der Waals surface area contributed by atoms with Crippen LogP contribution in [0.4, 0.5) is 0 Å². The predicted molar refractivity (Wildman–Crippen MR) is 58.0 cm³/mol. The molecule has 1 atom stereocenters. The maximum Gasteiger partial charge on any atom is 0.137 e. The molecule has 1 aromatic heterocycles. The van der Waals surface area contributed by atoms with Crippen molar-refractivity contribution in [1.82, 2.24) is 14.8 Å². The Labute approximate surface area is 88.8 Å². The normalized spacial score (nSPS) is 12.6. The van der Waals surface area contributed by atoms with E-state index in [1.54, 1.807) is 11.0 Å². The van der Waals surface area contributed by atoms with Gasteiger partial charge in [-0.1, -0.05) is 30.3 Å². The van der Waals surface area contributed by atoms with Crippen LogP contribution in [-0.4, -0.2) is 14.8 Å². The van der Waals surface area contributed by atoms with E-state index in [-0.39, 0.29) is 6.04 Å². The van der Waals surface area contributed by atoms with Crippen LogP contribution in [0.2, 0.25) is 0 Å². The van der Waals surface area contributed by atoms with Crippen LogP contribution < -0.4 is 5.73 Å². The number of nitrogens with zero attached hydrogens (tertiary/aromatic N) is 3. The summed E-state index contributed by atoms with van der Waals surface area (Å²) in [5.74, 6) is 0. The van der Waals surface area contributed by atoms with Crippen molar-refractivity contribution in [3.05, 3.63) is 48.5 Å². The predicted octanol–water partition coefficient (Wildman–Crippen LogP) is 1.37. The molecule has 0 radical (unpaired) electrons. The van der Waals surface area contributed by atoms with Crippen LogP contribution >= 0.6 is 0 Å². The summed E-state index contributed by atoms with van der Waals surface area (Å²) in [7, 11) is 0. The number of rotatable bonds is 4. The molecule has 78 valence electrons. The minimum Gasteiger partial charge on any atom is -0.324 e. The highest BCUT2D eigenvalue weighted by Gasteiger charge is 2.04. The summed E-state index contributed by atoms with van der Waals surface area (Å²) < 4.78 is 1.79. The molecule has 0 fully saturated rings. The van der Waals surface area contributed by atoms with E-state index in [2.05, 4.69) is 10.1 Å². The molecule has 0 saturated heterocycles. The average molecular weight is 202 g/mol. The smallest absolute Gasteiger partial charge is 0.137 e. The second kappa shape index (κ2) is 4.70. The Bertz CT molecular complexity index is 382. The van der Waals surface area contributed by atoms with Crippen molar-refractivity contribution in [3.8, 4) is 0 Å². The molecule has 0 saturated carbocycles. The molecule has 4 nitrogen and oxygen atoms in total. The first-order valence-electron chi connectivity index (χ1n) is 4.99. The van der Waals surface area contributed by atoms with Gasteiger partial charge in [-0.2, -0.15) is 5.10 Å². The van der Waals surface area contributed by atoms with Gasteiger partial charge in [-0.05, 0) is 12.0 Å². The van der Waals surface area contributed by atoms with Crippen LogP contribution in [0.1, 0.15) is 18.0 Å². The lowest BCUT2D eigenvalue weighted by Crippen LogP contribution is -2.13. The molecule has 1 aromatic carbocycles. The van der Waals surface area contributed by atoms with Crippen molar-refractivity contribution < 1.29 is 0 Å². The van der Waals surface area contributed by atoms with Crippen LogP contribution in [0.3, 0.4) is 0 Å². The Kier molecular flexibility index (Phi) is 3.09. The zero-order chi connectivity index (χ0) is 10.5. The Morgan fingerprint density at radius 2 is 2.07 bits per heavy atom. The zero-order valence-electron chi connectivity index (χ0n) is 8.45. The molecule has 0 aliphatic rings. The van der Waals surface area contributed by atoms with E-state index in [0.29, 0.717) is 0 Å². The van der Waals surface area contributed by atoms with E-state index in [4.69, 9.17) is 5.73 Å². The Hall–Kier alpha value is -1.68. The molecular weight excluding hydrogens is 188 g/mol. The summed E-state index contributed by atoms with van der Waals surface area (Å²) in [5.41, 5.74) is 7.21. The van der Waals surface area contributed by atoms with Crippen molar-refractivity contribution in [2.24, 2.45) is 5.73 Å². The lowest BCUT2D eigenvalue weighted by atomic mass is 10.1. The van der Waals surface area contributed by atoms with Gasteiger partial charge in [0.25, 0.3) is 0 Å². The Balaban J connectivity index is 1.90. The number of hydrogen-bond donors (Lipinski definition) is 1. The van der Waals surface area contributed by atoms with Gasteiger partial charge in [-0.3, -0.25) is 4.68 Å². The summed E-state index contributed by atoms with van der Waals surface area (Å²) >= 11 is 0. The van der Waals surface area contributed by atoms with E-state index in [1.807, 2.05) is 30.3 Å². The van der Waals surface area contributed by atoms with Gasteiger partial charge in [0.15, 0.2) is 0 Å². The van der Waals surface area contributed by atoms with Gasteiger partial charge in [0.2, 0.25) is 0 Å². The first kappa shape index (κ1) is 9.86. The van der Waals surface area contributed by atoms with Gasteiger partial charge in [0.1, 0.15) is 12.7 Å². The summed E-state index contributed by atoms with van der Waals surface area (Å²) in [4.78, 5) is 3.88. The molecule has 2 aromatic rings. The molecule has 0 amide bonds. The van der Waals surface area contributed by atoms with Gasteiger partial charge in [-0.15, -0.1) is 0 Å². The fraction of sp³-hybridized carbons (Fsp3) is 0.273. The van der Waals surface area contributed by atoms with Gasteiger partial charge in [-0.25, -0.2) is 4.98 Å². The van der Waals surface area contributed by atoms with Gasteiger partial charge in [0.05, 0.1) is 0 Å². The molecule has 0 aliphatic carbocycles. The van der Waals surface area contributed by atoms with Gasteiger partial charge in [0, 0.05) is 12.6 Å². The number of nitrogens with two attached hydrogens (primary N) is 1. The maximum atomic E-state index is 6.05. The standard InChI is InChI=1S/C11H14N4/c12-11(10-4-2-1-3-5-10)6-7-15-9-13-8-14-15/h1-5,8-9,11H,6-7,12H2/t11-/m0/s1. The highest BCUT2D eigenvalue weighted by Crippen LogP contribution is 2.13. The first-order valence-corrected chi connectivity index (χ1v) is 4.99. The third-order valence-electron chi connectivity index (χ3n) is 2.36. The van der Waals surface area contributed by atoms with Crippen LogP contribution in [0.5, 0.6) is 0 Å². The molecule has 4 heteroatoms. The molecule has 0 bridgehead atoms. The lowest BCUT2D eigenvalue weighted by Gasteiger charge is -2.11. The Morgan fingerprint density at radius 3 is 2.73 bits per heavy atom. The SMILES string of the molecule is N[C@@H](CCn1cncn1)c1ccccc1. The van der Waals surface area contributed by atoms with Gasteiger partial charge >= 0.3 is 0 Å². The van der Waals surface area contributed by atoms with Crippen molar-refractivity contribution in [3.63, 3.8) is 0 Å². The first-order chi connectivity index (χ1) is 7.36. The molecule has 0 spiro atoms. The summed E-state index contributed by atoms with van der Waals surface area (Å²) in [6.07, 6.45) is 4.11. The van der Waals surface area contributed by atoms with E-state index in [0.717, 1.165) is 18.5 Å². The largest absolute Gasteiger partial charge is 0.324 e. The third-order valence-corrected chi connectivity index (χ3v) is 2.36. The van der Waals surface area contributed by atoms with E-state index in [1.165, 1.54) is 6.33 Å². The topological polar surface area (TPSA) is 56.7 Å². The minimum atomic E-state index is 0.0652. The van der Waals surface area contributed by atoms with Crippen molar-refractivity contribution >= 4 is 0 Å². The fourth-order valence-electron chi connectivity index (χ4n) is 1.49. The highest BCUT2D eigenvalue weighted by molar-refractivity contribution is 5.18. The number of hydrogen-bond acceptors (Lipinski definition) is 3. The summed E-state index contributed by atoms with van der Waals surface area (Å²) in [6.45, 7) is 0.802. The monoisotopic (exact) mass is 202 g/mol. The molecular formula is C11H14N4. The molecule has 15 heavy (non-hydrogen) atoms. The van der Waals surface area contributed by atoms with E-state index < -0.39 is 0 Å².